The summed E-state index contributed by atoms with van der Waals surface area (Å²) in [5.41, 5.74) is 6.81. The molecule has 4 nitrogen and oxygen atoms in total. The topological polar surface area (TPSA) is 61.6 Å². The monoisotopic (exact) mass is 245 g/mol. The van der Waals surface area contributed by atoms with Gasteiger partial charge in [0.05, 0.1) is 0 Å². The highest BCUT2D eigenvalue weighted by atomic mass is 16.7. The van der Waals surface area contributed by atoms with E-state index in [4.69, 9.17) is 15.2 Å². The van der Waals surface area contributed by atoms with Gasteiger partial charge in [0.25, 0.3) is 0 Å². The Labute approximate surface area is 106 Å². The highest BCUT2D eigenvalue weighted by Crippen LogP contribution is 2.32. The highest BCUT2D eigenvalue weighted by Gasteiger charge is 2.11. The second-order valence-electron chi connectivity index (χ2n) is 3.88. The van der Waals surface area contributed by atoms with Gasteiger partial charge in [-0.2, -0.15) is 0 Å². The van der Waals surface area contributed by atoms with Crippen molar-refractivity contribution in [3.8, 4) is 11.5 Å². The van der Waals surface area contributed by atoms with E-state index in [9.17, 15) is 4.79 Å². The minimum Gasteiger partial charge on any atom is -0.454 e. The first kappa shape index (κ1) is 12.2. The van der Waals surface area contributed by atoms with Crippen LogP contribution >= 0.6 is 0 Å². The first-order chi connectivity index (χ1) is 8.70. The second-order valence-corrected chi connectivity index (χ2v) is 3.88. The molecule has 2 N–H and O–H groups in total. The van der Waals surface area contributed by atoms with Gasteiger partial charge in [-0.05, 0) is 24.1 Å². The number of benzene rings is 1. The number of hydrogen-bond donors (Lipinski definition) is 1. The van der Waals surface area contributed by atoms with E-state index in [1.165, 1.54) is 0 Å². The molecule has 0 atom stereocenters. The third-order valence-corrected chi connectivity index (χ3v) is 2.68. The summed E-state index contributed by atoms with van der Waals surface area (Å²) in [6.45, 7) is 2.16. The molecule has 1 aromatic carbocycles. The number of nitrogens with two attached hydrogens (primary N) is 1. The lowest BCUT2D eigenvalue weighted by Crippen LogP contribution is -2.12. The molecule has 0 saturated carbocycles. The molecule has 1 heterocycles. The van der Waals surface area contributed by atoms with E-state index in [1.807, 2.05) is 31.2 Å². The quantitative estimate of drug-likeness (QED) is 0.653. The molecule has 1 amide bonds. The number of fused-ring (bicyclic) bond motifs is 1. The van der Waals surface area contributed by atoms with E-state index < -0.39 is 0 Å². The van der Waals surface area contributed by atoms with Gasteiger partial charge in [-0.15, -0.1) is 0 Å². The molecule has 1 aromatic rings. The summed E-state index contributed by atoms with van der Waals surface area (Å²) >= 11 is 0. The second kappa shape index (κ2) is 5.40. The van der Waals surface area contributed by atoms with Crippen molar-refractivity contribution < 1.29 is 14.3 Å². The van der Waals surface area contributed by atoms with Crippen molar-refractivity contribution >= 4 is 12.0 Å². The van der Waals surface area contributed by atoms with Gasteiger partial charge in [-0.25, -0.2) is 0 Å². The van der Waals surface area contributed by atoms with Gasteiger partial charge in [0.2, 0.25) is 12.7 Å². The lowest BCUT2D eigenvalue weighted by molar-refractivity contribution is -0.114. The van der Waals surface area contributed by atoms with E-state index in [2.05, 4.69) is 0 Å². The number of carbonyl (C=O) groups is 1. The molecule has 18 heavy (non-hydrogen) atoms. The van der Waals surface area contributed by atoms with E-state index in [1.54, 1.807) is 12.2 Å². The fraction of sp³-hybridized carbons (Fsp3) is 0.214. The molecule has 1 aliphatic heterocycles. The zero-order valence-corrected chi connectivity index (χ0v) is 10.2. The average Bonchev–Trinajstić information content (AvgIpc) is 2.81. The van der Waals surface area contributed by atoms with Gasteiger partial charge in [-0.1, -0.05) is 31.2 Å². The molecule has 94 valence electrons. The smallest absolute Gasteiger partial charge is 0.244 e. The molecule has 4 heteroatoms. The molecule has 2 rings (SSSR count). The molecule has 0 fully saturated rings. The Morgan fingerprint density at radius 2 is 2.17 bits per heavy atom. The maximum Gasteiger partial charge on any atom is 0.244 e. The number of hydrogen-bond acceptors (Lipinski definition) is 3. The van der Waals surface area contributed by atoms with Crippen LogP contribution in [-0.2, 0) is 4.79 Å². The Morgan fingerprint density at radius 3 is 2.89 bits per heavy atom. The van der Waals surface area contributed by atoms with E-state index in [0.29, 0.717) is 12.0 Å². The average molecular weight is 245 g/mol. The fourth-order valence-corrected chi connectivity index (χ4v) is 1.67. The van der Waals surface area contributed by atoms with Crippen LogP contribution in [0.3, 0.4) is 0 Å². The Hall–Kier alpha value is -2.23. The number of ether oxygens (including phenoxy) is 2. The maximum absolute atomic E-state index is 11.0. The van der Waals surface area contributed by atoms with Crippen molar-refractivity contribution in [2.45, 2.75) is 13.3 Å². The van der Waals surface area contributed by atoms with Gasteiger partial charge >= 0.3 is 0 Å². The van der Waals surface area contributed by atoms with Crippen molar-refractivity contribution in [3.63, 3.8) is 0 Å². The van der Waals surface area contributed by atoms with Crippen molar-refractivity contribution in [1.29, 1.82) is 0 Å². The third-order valence-electron chi connectivity index (χ3n) is 2.68. The Morgan fingerprint density at radius 1 is 1.39 bits per heavy atom. The predicted octanol–water partition coefficient (Wildman–Crippen LogP) is 2.25. The summed E-state index contributed by atoms with van der Waals surface area (Å²) < 4.78 is 10.5. The summed E-state index contributed by atoms with van der Waals surface area (Å²) in [5, 5.41) is 0. The Kier molecular flexibility index (Phi) is 3.67. The standard InChI is InChI=1S/C14H15NO3/c1-2-11(14(15)16)5-3-4-10-6-7-12-13(8-10)18-9-17-12/h3-8H,2,9H2,1H3,(H2,15,16). The van der Waals surface area contributed by atoms with Gasteiger partial charge < -0.3 is 15.2 Å². The summed E-state index contributed by atoms with van der Waals surface area (Å²) in [5.74, 6) is 1.12. The zero-order valence-electron chi connectivity index (χ0n) is 10.2. The molecule has 0 aromatic heterocycles. The number of amides is 1. The fourth-order valence-electron chi connectivity index (χ4n) is 1.67. The molecular formula is C14H15NO3. The van der Waals surface area contributed by atoms with E-state index in [0.717, 1.165) is 17.1 Å². The largest absolute Gasteiger partial charge is 0.454 e. The molecule has 0 saturated heterocycles. The lowest BCUT2D eigenvalue weighted by Gasteiger charge is -1.97. The van der Waals surface area contributed by atoms with Crippen LogP contribution in [0.25, 0.3) is 6.08 Å². The minimum absolute atomic E-state index is 0.268. The Bertz CT molecular complexity index is 518. The van der Waals surface area contributed by atoms with Crippen LogP contribution in [-0.4, -0.2) is 12.7 Å². The van der Waals surface area contributed by atoms with Gasteiger partial charge in [-0.3, -0.25) is 4.79 Å². The Balaban J connectivity index is 2.12. The predicted molar refractivity (Wildman–Crippen MR) is 69.2 cm³/mol. The van der Waals surface area contributed by atoms with E-state index in [-0.39, 0.29) is 12.7 Å². The first-order valence-electron chi connectivity index (χ1n) is 5.77. The van der Waals surface area contributed by atoms with Crippen molar-refractivity contribution in [1.82, 2.24) is 0 Å². The van der Waals surface area contributed by atoms with Gasteiger partial charge in [0.1, 0.15) is 0 Å². The van der Waals surface area contributed by atoms with Crippen LogP contribution in [0, 0.1) is 0 Å². The summed E-state index contributed by atoms with van der Waals surface area (Å²) in [4.78, 5) is 11.0. The molecule has 0 bridgehead atoms. The molecule has 0 spiro atoms. The van der Waals surface area contributed by atoms with Crippen LogP contribution in [0.1, 0.15) is 18.9 Å². The van der Waals surface area contributed by atoms with Crippen molar-refractivity contribution in [2.75, 3.05) is 6.79 Å². The highest BCUT2D eigenvalue weighted by molar-refractivity contribution is 5.92. The van der Waals surface area contributed by atoms with Crippen LogP contribution in [0.2, 0.25) is 0 Å². The number of primary amides is 1. The van der Waals surface area contributed by atoms with Gasteiger partial charge in [0.15, 0.2) is 11.5 Å². The molecular weight excluding hydrogens is 230 g/mol. The number of rotatable bonds is 4. The number of carbonyl (C=O) groups excluding carboxylic acids is 1. The number of allylic oxidation sites excluding steroid dienone is 2. The van der Waals surface area contributed by atoms with E-state index >= 15 is 0 Å². The summed E-state index contributed by atoms with van der Waals surface area (Å²) in [6.07, 6.45) is 6.05. The zero-order chi connectivity index (χ0) is 13.0. The molecule has 1 aliphatic rings. The molecule has 0 aliphatic carbocycles. The molecule has 0 unspecified atom stereocenters. The third kappa shape index (κ3) is 2.71. The SMILES string of the molecule is CCC(=CC=Cc1ccc2c(c1)OCO2)C(N)=O. The van der Waals surface area contributed by atoms with Crippen LogP contribution in [0.4, 0.5) is 0 Å². The van der Waals surface area contributed by atoms with Gasteiger partial charge in [0, 0.05) is 5.57 Å². The lowest BCUT2D eigenvalue weighted by atomic mass is 10.1. The normalized spacial score (nSPS) is 14.2. The maximum atomic E-state index is 11.0. The minimum atomic E-state index is -0.382. The van der Waals surface area contributed by atoms with Crippen molar-refractivity contribution in [2.24, 2.45) is 5.73 Å². The van der Waals surface area contributed by atoms with Crippen LogP contribution in [0.15, 0.2) is 35.9 Å². The molecule has 0 radical (unpaired) electrons. The van der Waals surface area contributed by atoms with Crippen LogP contribution < -0.4 is 15.2 Å². The first-order valence-corrected chi connectivity index (χ1v) is 5.77. The summed E-state index contributed by atoms with van der Waals surface area (Å²) in [6, 6.07) is 5.68. The summed E-state index contributed by atoms with van der Waals surface area (Å²) in [7, 11) is 0. The van der Waals surface area contributed by atoms with Crippen LogP contribution in [0.5, 0.6) is 11.5 Å². The van der Waals surface area contributed by atoms with Crippen molar-refractivity contribution in [3.05, 3.63) is 41.5 Å².